The van der Waals surface area contributed by atoms with E-state index >= 15 is 0 Å². The van der Waals surface area contributed by atoms with Crippen LogP contribution in [0.1, 0.15) is 50.5 Å². The number of rotatable bonds is 5. The van der Waals surface area contributed by atoms with Gasteiger partial charge in [0, 0.05) is 5.69 Å². The number of aliphatic hydroxyl groups is 1. The average molecular weight is 357 g/mol. The van der Waals surface area contributed by atoms with Crippen LogP contribution in [-0.4, -0.2) is 29.2 Å². The molecule has 2 N–H and O–H groups in total. The van der Waals surface area contributed by atoms with Crippen LogP contribution in [0, 0.1) is 24.2 Å². The van der Waals surface area contributed by atoms with Crippen LogP contribution in [0.2, 0.25) is 0 Å². The molecule has 0 aliphatic heterocycles. The number of benzene rings is 1. The van der Waals surface area contributed by atoms with Crippen LogP contribution < -0.4 is 5.32 Å². The second kappa shape index (κ2) is 6.38. The van der Waals surface area contributed by atoms with E-state index in [0.29, 0.717) is 24.7 Å². The molecular weight excluding hydrogens is 330 g/mol. The molecule has 0 spiro atoms. The summed E-state index contributed by atoms with van der Waals surface area (Å²) < 4.78 is 5.26. The Morgan fingerprint density at radius 3 is 2.54 bits per heavy atom. The van der Waals surface area contributed by atoms with Gasteiger partial charge in [0.15, 0.2) is 6.61 Å². The van der Waals surface area contributed by atoms with Crippen LogP contribution in [0.3, 0.4) is 0 Å². The minimum absolute atomic E-state index is 0.123. The predicted octanol–water partition coefficient (Wildman–Crippen LogP) is 3.20. The van der Waals surface area contributed by atoms with Crippen LogP contribution in [0.15, 0.2) is 24.3 Å². The fraction of sp³-hybridized carbons (Fsp3) is 0.619. The third kappa shape index (κ3) is 3.50. The van der Waals surface area contributed by atoms with Gasteiger partial charge in [0.25, 0.3) is 5.91 Å². The second-order valence-electron chi connectivity index (χ2n) is 8.89. The summed E-state index contributed by atoms with van der Waals surface area (Å²) in [7, 11) is 0. The molecule has 26 heavy (non-hydrogen) atoms. The van der Waals surface area contributed by atoms with Gasteiger partial charge in [-0.25, -0.2) is 0 Å². The van der Waals surface area contributed by atoms with Crippen LogP contribution in [0.5, 0.6) is 0 Å². The Labute approximate surface area is 154 Å². The molecule has 0 saturated heterocycles. The molecule has 2 unspecified atom stereocenters. The van der Waals surface area contributed by atoms with Crippen molar-refractivity contribution in [3.8, 4) is 0 Å². The van der Waals surface area contributed by atoms with Gasteiger partial charge in [0.2, 0.25) is 0 Å². The Balaban J connectivity index is 1.31. The van der Waals surface area contributed by atoms with E-state index in [4.69, 9.17) is 4.74 Å². The number of carbonyl (C=O) groups excluding carboxylic acids is 2. The summed E-state index contributed by atoms with van der Waals surface area (Å²) in [6.45, 7) is 1.65. The lowest BCUT2D eigenvalue weighted by Crippen LogP contribution is -2.56. The summed E-state index contributed by atoms with van der Waals surface area (Å²) >= 11 is 0. The first kappa shape index (κ1) is 17.5. The van der Waals surface area contributed by atoms with Gasteiger partial charge in [-0.05, 0) is 74.3 Å². The van der Waals surface area contributed by atoms with Crippen molar-refractivity contribution in [2.45, 2.75) is 57.5 Å². The van der Waals surface area contributed by atoms with E-state index in [2.05, 4.69) is 5.32 Å². The molecule has 140 valence electrons. The van der Waals surface area contributed by atoms with Gasteiger partial charge < -0.3 is 15.2 Å². The highest BCUT2D eigenvalue weighted by Gasteiger charge is 2.57. The molecule has 1 amide bonds. The smallest absolute Gasteiger partial charge is 0.306 e. The number of carbonyl (C=O) groups is 2. The molecular formula is C21H27NO4. The highest BCUT2D eigenvalue weighted by atomic mass is 16.5. The predicted molar refractivity (Wildman–Crippen MR) is 97.4 cm³/mol. The number of hydrogen-bond acceptors (Lipinski definition) is 4. The van der Waals surface area contributed by atoms with Crippen LogP contribution in [0.25, 0.3) is 0 Å². The minimum atomic E-state index is -0.577. The van der Waals surface area contributed by atoms with Gasteiger partial charge in [-0.2, -0.15) is 0 Å². The molecule has 4 fully saturated rings. The minimum Gasteiger partial charge on any atom is -0.456 e. The first-order chi connectivity index (χ1) is 12.3. The Morgan fingerprint density at radius 1 is 1.19 bits per heavy atom. The quantitative estimate of drug-likeness (QED) is 0.794. The van der Waals surface area contributed by atoms with E-state index < -0.39 is 5.60 Å². The van der Waals surface area contributed by atoms with Crippen molar-refractivity contribution in [2.24, 2.45) is 17.3 Å². The second-order valence-corrected chi connectivity index (χ2v) is 8.89. The van der Waals surface area contributed by atoms with Gasteiger partial charge in [0.1, 0.15) is 0 Å². The van der Waals surface area contributed by atoms with Crippen LogP contribution in [0.4, 0.5) is 5.69 Å². The van der Waals surface area contributed by atoms with Crippen molar-refractivity contribution in [3.05, 3.63) is 29.8 Å². The summed E-state index contributed by atoms with van der Waals surface area (Å²) in [4.78, 5) is 24.4. The maximum atomic E-state index is 12.4. The number of amides is 1. The molecule has 4 saturated carbocycles. The van der Waals surface area contributed by atoms with Gasteiger partial charge >= 0.3 is 5.97 Å². The fourth-order valence-corrected chi connectivity index (χ4v) is 6.01. The molecule has 4 aliphatic carbocycles. The SMILES string of the molecule is Cc1ccccc1NC(=O)COC(=O)CC12C[C@@H]3C[C@@H](CC(O)(C3)C1)C2. The molecule has 4 atom stereocenters. The molecule has 5 nitrogen and oxygen atoms in total. The molecule has 5 heteroatoms. The fourth-order valence-electron chi connectivity index (χ4n) is 6.01. The lowest BCUT2D eigenvalue weighted by atomic mass is 9.47. The monoisotopic (exact) mass is 357 g/mol. The molecule has 1 aromatic rings. The summed E-state index contributed by atoms with van der Waals surface area (Å²) in [5, 5.41) is 13.5. The topological polar surface area (TPSA) is 75.6 Å². The van der Waals surface area contributed by atoms with Crippen molar-refractivity contribution in [1.29, 1.82) is 0 Å². The number of ether oxygens (including phenoxy) is 1. The van der Waals surface area contributed by atoms with Crippen molar-refractivity contribution in [1.82, 2.24) is 0 Å². The van der Waals surface area contributed by atoms with Gasteiger partial charge in [-0.15, -0.1) is 0 Å². The zero-order valence-corrected chi connectivity index (χ0v) is 15.3. The zero-order valence-electron chi connectivity index (χ0n) is 15.3. The Kier molecular flexibility index (Phi) is 4.30. The number of aryl methyl sites for hydroxylation is 1. The highest BCUT2D eigenvalue weighted by molar-refractivity contribution is 5.93. The number of para-hydroxylation sites is 1. The van der Waals surface area contributed by atoms with Crippen molar-refractivity contribution in [3.63, 3.8) is 0 Å². The third-order valence-corrected chi connectivity index (χ3v) is 6.45. The molecule has 5 rings (SSSR count). The molecule has 0 radical (unpaired) electrons. The number of anilines is 1. The third-order valence-electron chi connectivity index (χ3n) is 6.45. The van der Waals surface area contributed by atoms with Crippen LogP contribution >= 0.6 is 0 Å². The summed E-state index contributed by atoms with van der Waals surface area (Å²) in [5.41, 5.74) is 1.00. The van der Waals surface area contributed by atoms with Crippen LogP contribution in [-0.2, 0) is 14.3 Å². The van der Waals surface area contributed by atoms with E-state index in [1.54, 1.807) is 0 Å². The number of nitrogens with one attached hydrogen (secondary N) is 1. The molecule has 1 aromatic carbocycles. The highest BCUT2D eigenvalue weighted by Crippen LogP contribution is 2.62. The lowest BCUT2D eigenvalue weighted by molar-refractivity contribution is -0.177. The van der Waals surface area contributed by atoms with E-state index in [9.17, 15) is 14.7 Å². The number of esters is 1. The van der Waals surface area contributed by atoms with Crippen molar-refractivity contribution in [2.75, 3.05) is 11.9 Å². The average Bonchev–Trinajstić information content (AvgIpc) is 2.52. The Bertz CT molecular complexity index is 714. The Hall–Kier alpha value is -1.88. The first-order valence-corrected chi connectivity index (χ1v) is 9.58. The standard InChI is InChI=1S/C21H27NO4/c1-14-4-2-3-5-17(14)22-18(23)12-26-19(24)11-20-7-15-6-16(8-20)10-21(25,9-15)13-20/h2-5,15-16,25H,6-13H2,1H3,(H,22,23)/t15-,16+,20?,21?. The first-order valence-electron chi connectivity index (χ1n) is 9.58. The van der Waals surface area contributed by atoms with E-state index in [-0.39, 0.29) is 23.9 Å². The van der Waals surface area contributed by atoms with Gasteiger partial charge in [0.05, 0.1) is 12.0 Å². The molecule has 0 heterocycles. The normalized spacial score (nSPS) is 34.5. The molecule has 4 bridgehead atoms. The maximum absolute atomic E-state index is 12.4. The van der Waals surface area contributed by atoms with E-state index in [1.165, 1.54) is 6.42 Å². The maximum Gasteiger partial charge on any atom is 0.306 e. The zero-order chi connectivity index (χ0) is 18.4. The largest absolute Gasteiger partial charge is 0.456 e. The van der Waals surface area contributed by atoms with Gasteiger partial charge in [-0.3, -0.25) is 9.59 Å². The van der Waals surface area contributed by atoms with Gasteiger partial charge in [-0.1, -0.05) is 18.2 Å². The lowest BCUT2D eigenvalue weighted by Gasteiger charge is -2.60. The van der Waals surface area contributed by atoms with E-state index in [1.807, 2.05) is 31.2 Å². The number of hydrogen-bond donors (Lipinski definition) is 2. The molecule has 4 aliphatic rings. The summed E-state index contributed by atoms with van der Waals surface area (Å²) in [6.07, 6.45) is 6.01. The van der Waals surface area contributed by atoms with Crippen molar-refractivity contribution >= 4 is 17.6 Å². The summed E-state index contributed by atoms with van der Waals surface area (Å²) in [6, 6.07) is 7.50. The van der Waals surface area contributed by atoms with Crippen molar-refractivity contribution < 1.29 is 19.4 Å². The Morgan fingerprint density at radius 2 is 1.88 bits per heavy atom. The summed E-state index contributed by atoms with van der Waals surface area (Å²) in [5.74, 6) is 0.434. The molecule has 0 aromatic heterocycles. The van der Waals surface area contributed by atoms with E-state index in [0.717, 1.165) is 36.9 Å².